The number of ether oxygens (including phenoxy) is 1. The maximum absolute atomic E-state index is 13.1. The van der Waals surface area contributed by atoms with Crippen molar-refractivity contribution in [3.8, 4) is 11.1 Å². The highest BCUT2D eigenvalue weighted by atomic mass is 16.5. The number of H-pyrrole nitrogens is 1. The van der Waals surface area contributed by atoms with Crippen LogP contribution in [0.2, 0.25) is 0 Å². The summed E-state index contributed by atoms with van der Waals surface area (Å²) in [6, 6.07) is 10.1. The molecular weight excluding hydrogens is 680 g/mol. The molecule has 1 aromatic heterocycles. The number of amides is 6. The highest BCUT2D eigenvalue weighted by Crippen LogP contribution is 2.47. The van der Waals surface area contributed by atoms with Crippen molar-refractivity contribution in [2.24, 2.45) is 0 Å². The molecule has 284 valence electrons. The SMILES string of the molecule is CCCNC(=O)CCCC(=O)Nc1ccc2c(c1)C(COC(=O)N[C@@H](Cc1cnc[nH]1)C(=O)NC)c1cc(NC(=O)CCCC(=O)NCCC)ccc1-2. The van der Waals surface area contributed by atoms with Crippen molar-refractivity contribution in [2.45, 2.75) is 83.6 Å². The summed E-state index contributed by atoms with van der Waals surface area (Å²) in [5, 5.41) is 16.6. The zero-order valence-corrected chi connectivity index (χ0v) is 30.6. The summed E-state index contributed by atoms with van der Waals surface area (Å²) in [5.74, 6) is -1.53. The number of aromatic amines is 1. The van der Waals surface area contributed by atoms with Gasteiger partial charge in [0.05, 0.1) is 6.33 Å². The number of hydrogen-bond acceptors (Lipinski definition) is 8. The van der Waals surface area contributed by atoms with Crippen LogP contribution in [0.15, 0.2) is 48.9 Å². The van der Waals surface area contributed by atoms with Crippen LogP contribution < -0.4 is 31.9 Å². The van der Waals surface area contributed by atoms with E-state index >= 15 is 0 Å². The standard InChI is InChI=1S/C38H50N8O7/c1-4-16-41-33(47)8-6-10-35(49)44-24-12-14-27-28-15-13-25(45-36(50)11-7-9-34(48)42-17-5-2)19-30(28)31(29(27)18-24)22-53-38(52)46-32(37(51)39-3)20-26-21-40-23-43-26/h12-15,18-19,21,23,31-32H,4-11,16-17,20,22H2,1-3H3,(H,39,51)(H,40,43)(H,41,47)(H,42,48)(H,44,49)(H,45,50)(H,46,52)/t32-/m0/s1. The van der Waals surface area contributed by atoms with E-state index in [-0.39, 0.29) is 62.3 Å². The van der Waals surface area contributed by atoms with Crippen molar-refractivity contribution >= 4 is 47.0 Å². The average Bonchev–Trinajstić information content (AvgIpc) is 3.76. The largest absolute Gasteiger partial charge is 0.449 e. The summed E-state index contributed by atoms with van der Waals surface area (Å²) in [6.45, 7) is 5.04. The van der Waals surface area contributed by atoms with Gasteiger partial charge in [0.2, 0.25) is 29.5 Å². The molecule has 3 aromatic rings. The van der Waals surface area contributed by atoms with Crippen LogP contribution in [0.3, 0.4) is 0 Å². The Morgan fingerprint density at radius 3 is 1.77 bits per heavy atom. The van der Waals surface area contributed by atoms with Crippen LogP contribution in [-0.4, -0.2) is 78.4 Å². The Bertz CT molecular complexity index is 1650. The first-order chi connectivity index (χ1) is 25.6. The van der Waals surface area contributed by atoms with E-state index in [4.69, 9.17) is 4.74 Å². The lowest BCUT2D eigenvalue weighted by Crippen LogP contribution is -2.47. The first-order valence-corrected chi connectivity index (χ1v) is 18.1. The zero-order valence-electron chi connectivity index (χ0n) is 30.6. The molecule has 0 aliphatic heterocycles. The number of carbonyl (C=O) groups is 6. The van der Waals surface area contributed by atoms with E-state index in [1.165, 1.54) is 13.4 Å². The van der Waals surface area contributed by atoms with E-state index in [0.717, 1.165) is 35.1 Å². The van der Waals surface area contributed by atoms with Crippen LogP contribution in [-0.2, 0) is 35.1 Å². The lowest BCUT2D eigenvalue weighted by atomic mass is 9.97. The van der Waals surface area contributed by atoms with E-state index in [0.29, 0.717) is 43.0 Å². The smallest absolute Gasteiger partial charge is 0.407 e. The molecular formula is C38H50N8O7. The molecule has 1 heterocycles. The van der Waals surface area contributed by atoms with Crippen LogP contribution >= 0.6 is 0 Å². The van der Waals surface area contributed by atoms with E-state index in [1.807, 2.05) is 38.1 Å². The fourth-order valence-electron chi connectivity index (χ4n) is 6.01. The molecule has 0 spiro atoms. The molecule has 0 bridgehead atoms. The van der Waals surface area contributed by atoms with Gasteiger partial charge in [-0.15, -0.1) is 0 Å². The monoisotopic (exact) mass is 730 g/mol. The average molecular weight is 731 g/mol. The molecule has 53 heavy (non-hydrogen) atoms. The molecule has 6 amide bonds. The second kappa shape index (κ2) is 20.3. The van der Waals surface area contributed by atoms with E-state index in [2.05, 4.69) is 41.9 Å². The summed E-state index contributed by atoms with van der Waals surface area (Å²) in [7, 11) is 1.48. The molecule has 4 rings (SSSR count). The number of nitrogens with one attached hydrogen (secondary N) is 7. The minimum atomic E-state index is -0.921. The molecule has 7 N–H and O–H groups in total. The molecule has 1 aliphatic carbocycles. The summed E-state index contributed by atoms with van der Waals surface area (Å²) in [6.07, 6.45) is 5.75. The number of rotatable bonds is 20. The molecule has 0 saturated carbocycles. The maximum atomic E-state index is 13.1. The molecule has 0 saturated heterocycles. The fraction of sp³-hybridized carbons (Fsp3) is 0.447. The van der Waals surface area contributed by atoms with Gasteiger partial charge in [0.15, 0.2) is 0 Å². The number of likely N-dealkylation sites (N-methyl/N-ethyl adjacent to an activating group) is 1. The Morgan fingerprint density at radius 1 is 0.774 bits per heavy atom. The first-order valence-electron chi connectivity index (χ1n) is 18.1. The van der Waals surface area contributed by atoms with Crippen LogP contribution in [0, 0.1) is 0 Å². The molecule has 0 unspecified atom stereocenters. The van der Waals surface area contributed by atoms with Gasteiger partial charge < -0.3 is 41.6 Å². The van der Waals surface area contributed by atoms with Crippen LogP contribution in [0.4, 0.5) is 16.2 Å². The van der Waals surface area contributed by atoms with Crippen molar-refractivity contribution in [3.63, 3.8) is 0 Å². The van der Waals surface area contributed by atoms with Crippen molar-refractivity contribution in [1.82, 2.24) is 31.2 Å². The van der Waals surface area contributed by atoms with Gasteiger partial charge in [0, 0.05) is 81.4 Å². The molecule has 15 heteroatoms. The third-order valence-electron chi connectivity index (χ3n) is 8.69. The second-order valence-corrected chi connectivity index (χ2v) is 12.9. The van der Waals surface area contributed by atoms with Crippen molar-refractivity contribution < 1.29 is 33.5 Å². The predicted octanol–water partition coefficient (Wildman–Crippen LogP) is 3.88. The van der Waals surface area contributed by atoms with Crippen LogP contribution in [0.5, 0.6) is 0 Å². The van der Waals surface area contributed by atoms with E-state index in [9.17, 15) is 28.8 Å². The number of carbonyl (C=O) groups excluding carboxylic acids is 6. The van der Waals surface area contributed by atoms with Crippen molar-refractivity contribution in [1.29, 1.82) is 0 Å². The lowest BCUT2D eigenvalue weighted by Gasteiger charge is -2.19. The van der Waals surface area contributed by atoms with Gasteiger partial charge in [0.1, 0.15) is 12.6 Å². The number of benzene rings is 2. The van der Waals surface area contributed by atoms with Gasteiger partial charge in [-0.3, -0.25) is 24.0 Å². The molecule has 15 nitrogen and oxygen atoms in total. The van der Waals surface area contributed by atoms with Crippen LogP contribution in [0.1, 0.15) is 88.0 Å². The van der Waals surface area contributed by atoms with E-state index in [1.54, 1.807) is 18.3 Å². The Kier molecular flexibility index (Phi) is 15.4. The zero-order chi connectivity index (χ0) is 38.2. The number of anilines is 2. The number of aromatic nitrogens is 2. The van der Waals surface area contributed by atoms with Gasteiger partial charge in [-0.2, -0.15) is 0 Å². The van der Waals surface area contributed by atoms with Gasteiger partial charge in [-0.05, 0) is 72.2 Å². The minimum absolute atomic E-state index is 0.0878. The topological polar surface area (TPSA) is 213 Å². The summed E-state index contributed by atoms with van der Waals surface area (Å²) in [5.41, 5.74) is 5.08. The molecule has 2 aromatic carbocycles. The third kappa shape index (κ3) is 12.2. The highest BCUT2D eigenvalue weighted by molar-refractivity contribution is 5.94. The van der Waals surface area contributed by atoms with Gasteiger partial charge in [-0.25, -0.2) is 9.78 Å². The van der Waals surface area contributed by atoms with Crippen molar-refractivity contribution in [3.05, 3.63) is 65.7 Å². The molecule has 0 radical (unpaired) electrons. The number of nitrogens with zero attached hydrogens (tertiary/aromatic N) is 1. The molecule has 0 fully saturated rings. The molecule has 1 atom stereocenters. The van der Waals surface area contributed by atoms with Crippen molar-refractivity contribution in [2.75, 3.05) is 37.4 Å². The number of hydrogen-bond donors (Lipinski definition) is 7. The normalized spacial score (nSPS) is 12.1. The second-order valence-electron chi connectivity index (χ2n) is 12.9. The summed E-state index contributed by atoms with van der Waals surface area (Å²) >= 11 is 0. The van der Waals surface area contributed by atoms with Crippen LogP contribution in [0.25, 0.3) is 11.1 Å². The van der Waals surface area contributed by atoms with E-state index < -0.39 is 24.0 Å². The van der Waals surface area contributed by atoms with Gasteiger partial charge >= 0.3 is 6.09 Å². The quantitative estimate of drug-likeness (QED) is 0.0905. The minimum Gasteiger partial charge on any atom is -0.449 e. The summed E-state index contributed by atoms with van der Waals surface area (Å²) < 4.78 is 5.73. The third-order valence-corrected chi connectivity index (χ3v) is 8.69. The Morgan fingerprint density at radius 2 is 1.30 bits per heavy atom. The molecule has 1 aliphatic rings. The first kappa shape index (κ1) is 40.0. The lowest BCUT2D eigenvalue weighted by molar-refractivity contribution is -0.123. The Balaban J connectivity index is 1.48. The Labute approximate surface area is 309 Å². The maximum Gasteiger partial charge on any atom is 0.407 e. The number of fused-ring (bicyclic) bond motifs is 3. The predicted molar refractivity (Wildman–Crippen MR) is 200 cm³/mol. The Hall–Kier alpha value is -5.73. The highest BCUT2D eigenvalue weighted by Gasteiger charge is 2.31. The summed E-state index contributed by atoms with van der Waals surface area (Å²) in [4.78, 5) is 82.1. The number of alkyl carbamates (subject to hydrolysis) is 1. The number of imidazole rings is 1. The fourth-order valence-corrected chi connectivity index (χ4v) is 6.01. The van der Waals surface area contributed by atoms with Gasteiger partial charge in [0.25, 0.3) is 0 Å². The van der Waals surface area contributed by atoms with Gasteiger partial charge in [-0.1, -0.05) is 26.0 Å².